The molecule has 1 aromatic carbocycles. The van der Waals surface area contributed by atoms with Crippen LogP contribution in [0.4, 0.5) is 11.4 Å². The van der Waals surface area contributed by atoms with Gasteiger partial charge in [-0.1, -0.05) is 24.6 Å². The summed E-state index contributed by atoms with van der Waals surface area (Å²) in [6.07, 6.45) is 0.608. The molecule has 0 unspecified atom stereocenters. The third-order valence-electron chi connectivity index (χ3n) is 4.54. The maximum Gasteiger partial charge on any atom is 0.271 e. The van der Waals surface area contributed by atoms with Crippen molar-refractivity contribution in [2.45, 2.75) is 19.8 Å². The zero-order valence-corrected chi connectivity index (χ0v) is 15.0. The minimum Gasteiger partial charge on any atom is -0.366 e. The fraction of sp³-hybridized carbons (Fsp3) is 0.471. The Morgan fingerprint density at radius 3 is 2.68 bits per heavy atom. The second-order valence-corrected chi connectivity index (χ2v) is 6.51. The Kier molecular flexibility index (Phi) is 5.55. The lowest BCUT2D eigenvalue weighted by Crippen LogP contribution is -2.46. The molecule has 3 rings (SSSR count). The number of nitrogens with zero attached hydrogens (tertiary/aromatic N) is 3. The number of nitrogens with one attached hydrogen (secondary N) is 2. The average molecular weight is 364 g/mol. The number of hydrogen-bond donors (Lipinski definition) is 2. The maximum absolute atomic E-state index is 12.5. The fourth-order valence-corrected chi connectivity index (χ4v) is 3.35. The van der Waals surface area contributed by atoms with E-state index in [2.05, 4.69) is 32.6 Å². The van der Waals surface area contributed by atoms with E-state index < -0.39 is 0 Å². The Bertz CT molecular complexity index is 698. The number of carbonyl (C=O) groups is 2. The maximum atomic E-state index is 12.5. The molecule has 0 saturated carbocycles. The van der Waals surface area contributed by atoms with Crippen molar-refractivity contribution in [3.8, 4) is 0 Å². The van der Waals surface area contributed by atoms with Gasteiger partial charge < -0.3 is 15.1 Å². The van der Waals surface area contributed by atoms with Gasteiger partial charge in [-0.3, -0.25) is 9.59 Å². The molecule has 2 amide bonds. The molecule has 2 aliphatic heterocycles. The lowest BCUT2D eigenvalue weighted by molar-refractivity contribution is -0.121. The molecule has 1 saturated heterocycles. The van der Waals surface area contributed by atoms with E-state index in [1.54, 1.807) is 0 Å². The molecule has 0 radical (unpaired) electrons. The highest BCUT2D eigenvalue weighted by Gasteiger charge is 2.23. The Morgan fingerprint density at radius 1 is 1.28 bits per heavy atom. The van der Waals surface area contributed by atoms with Crippen molar-refractivity contribution in [3.05, 3.63) is 23.2 Å². The zero-order valence-electron chi connectivity index (χ0n) is 14.2. The van der Waals surface area contributed by atoms with E-state index >= 15 is 0 Å². The first-order valence-electron chi connectivity index (χ1n) is 8.51. The predicted molar refractivity (Wildman–Crippen MR) is 99.2 cm³/mol. The largest absolute Gasteiger partial charge is 0.366 e. The second-order valence-electron chi connectivity index (χ2n) is 6.10. The van der Waals surface area contributed by atoms with Gasteiger partial charge in [-0.15, -0.1) is 0 Å². The van der Waals surface area contributed by atoms with Crippen molar-refractivity contribution < 1.29 is 9.59 Å². The Balaban J connectivity index is 1.77. The van der Waals surface area contributed by atoms with Crippen LogP contribution in [0.25, 0.3) is 0 Å². The highest BCUT2D eigenvalue weighted by atomic mass is 35.5. The van der Waals surface area contributed by atoms with Crippen molar-refractivity contribution >= 4 is 40.5 Å². The van der Waals surface area contributed by atoms with Gasteiger partial charge in [0.25, 0.3) is 5.91 Å². The number of amides is 2. The third kappa shape index (κ3) is 4.11. The molecule has 1 fully saturated rings. The van der Waals surface area contributed by atoms with E-state index in [1.807, 2.05) is 18.2 Å². The smallest absolute Gasteiger partial charge is 0.271 e. The van der Waals surface area contributed by atoms with Gasteiger partial charge in [0.15, 0.2) is 0 Å². The van der Waals surface area contributed by atoms with Gasteiger partial charge in [-0.25, -0.2) is 5.43 Å². The summed E-state index contributed by atoms with van der Waals surface area (Å²) in [6.45, 7) is 6.84. The van der Waals surface area contributed by atoms with Crippen LogP contribution < -0.4 is 15.6 Å². The SMILES string of the molecule is CCN1CCN(c2c(Cl)cccc2NC(=O)C2=NNC(=O)CC2)CC1. The summed E-state index contributed by atoms with van der Waals surface area (Å²) in [5, 5.41) is 7.35. The summed E-state index contributed by atoms with van der Waals surface area (Å²) in [4.78, 5) is 28.2. The minimum atomic E-state index is -0.310. The van der Waals surface area contributed by atoms with Crippen LogP contribution in [0.3, 0.4) is 0 Å². The Labute approximate surface area is 152 Å². The first-order chi connectivity index (χ1) is 12.1. The van der Waals surface area contributed by atoms with E-state index in [9.17, 15) is 9.59 Å². The number of hydrogen-bond acceptors (Lipinski definition) is 5. The Hall–Kier alpha value is -2.12. The first-order valence-corrected chi connectivity index (χ1v) is 8.89. The van der Waals surface area contributed by atoms with Crippen LogP contribution >= 0.6 is 11.6 Å². The van der Waals surface area contributed by atoms with E-state index in [0.29, 0.717) is 22.8 Å². The van der Waals surface area contributed by atoms with Gasteiger partial charge >= 0.3 is 0 Å². The number of hydrazone groups is 1. The summed E-state index contributed by atoms with van der Waals surface area (Å²) in [7, 11) is 0. The lowest BCUT2D eigenvalue weighted by Gasteiger charge is -2.36. The van der Waals surface area contributed by atoms with Crippen LogP contribution in [-0.2, 0) is 9.59 Å². The van der Waals surface area contributed by atoms with Gasteiger partial charge in [0, 0.05) is 39.0 Å². The molecule has 7 nitrogen and oxygen atoms in total. The normalized spacial score (nSPS) is 18.6. The van der Waals surface area contributed by atoms with Crippen molar-refractivity contribution in [2.75, 3.05) is 42.9 Å². The number of halogens is 1. The molecule has 134 valence electrons. The van der Waals surface area contributed by atoms with Crippen LogP contribution in [0.2, 0.25) is 5.02 Å². The minimum absolute atomic E-state index is 0.172. The molecule has 0 aliphatic carbocycles. The summed E-state index contributed by atoms with van der Waals surface area (Å²) in [5.41, 5.74) is 4.18. The number of likely N-dealkylation sites (N-methyl/N-ethyl adjacent to an activating group) is 1. The van der Waals surface area contributed by atoms with Crippen molar-refractivity contribution in [3.63, 3.8) is 0 Å². The van der Waals surface area contributed by atoms with E-state index in [1.165, 1.54) is 0 Å². The number of carbonyl (C=O) groups excluding carboxylic acids is 2. The zero-order chi connectivity index (χ0) is 17.8. The molecule has 0 aromatic heterocycles. The van der Waals surface area contributed by atoms with Gasteiger partial charge in [-0.2, -0.15) is 5.10 Å². The molecular weight excluding hydrogens is 342 g/mol. The number of piperazine rings is 1. The first kappa shape index (κ1) is 17.7. The molecule has 0 atom stereocenters. The topological polar surface area (TPSA) is 77.0 Å². The standard InChI is InChI=1S/C17H22ClN5O2/c1-2-22-8-10-23(11-9-22)16-12(18)4-3-5-13(16)19-17(25)14-6-7-15(24)21-20-14/h3-5H,2,6-11H2,1H3,(H,19,25)(H,21,24). The van der Waals surface area contributed by atoms with Crippen molar-refractivity contribution in [1.29, 1.82) is 0 Å². The quantitative estimate of drug-likeness (QED) is 0.853. The summed E-state index contributed by atoms with van der Waals surface area (Å²) in [6, 6.07) is 5.48. The number of para-hydroxylation sites is 1. The molecule has 1 aromatic rings. The van der Waals surface area contributed by atoms with Crippen LogP contribution in [0.1, 0.15) is 19.8 Å². The number of rotatable bonds is 4. The molecule has 2 N–H and O–H groups in total. The average Bonchev–Trinajstić information content (AvgIpc) is 2.62. The van der Waals surface area contributed by atoms with E-state index in [4.69, 9.17) is 11.6 Å². The van der Waals surface area contributed by atoms with Gasteiger partial charge in [-0.05, 0) is 18.7 Å². The molecule has 25 heavy (non-hydrogen) atoms. The molecule has 2 aliphatic rings. The van der Waals surface area contributed by atoms with E-state index in [-0.39, 0.29) is 18.2 Å². The van der Waals surface area contributed by atoms with Crippen LogP contribution in [0.15, 0.2) is 23.3 Å². The predicted octanol–water partition coefficient (Wildman–Crippen LogP) is 1.69. The van der Waals surface area contributed by atoms with Gasteiger partial charge in [0.1, 0.15) is 5.71 Å². The summed E-state index contributed by atoms with van der Waals surface area (Å²) >= 11 is 6.43. The lowest BCUT2D eigenvalue weighted by atomic mass is 10.1. The fourth-order valence-electron chi connectivity index (χ4n) is 3.06. The Morgan fingerprint density at radius 2 is 2.04 bits per heavy atom. The molecule has 0 bridgehead atoms. The van der Waals surface area contributed by atoms with Gasteiger partial charge in [0.05, 0.1) is 16.4 Å². The molecule has 8 heteroatoms. The van der Waals surface area contributed by atoms with Crippen LogP contribution in [0.5, 0.6) is 0 Å². The van der Waals surface area contributed by atoms with Crippen LogP contribution in [0, 0.1) is 0 Å². The monoisotopic (exact) mass is 363 g/mol. The number of anilines is 2. The highest BCUT2D eigenvalue weighted by molar-refractivity contribution is 6.44. The third-order valence-corrected chi connectivity index (χ3v) is 4.84. The van der Waals surface area contributed by atoms with Crippen LogP contribution in [-0.4, -0.2) is 55.1 Å². The molecular formula is C17H22ClN5O2. The van der Waals surface area contributed by atoms with E-state index in [0.717, 1.165) is 38.4 Å². The van der Waals surface area contributed by atoms with Crippen molar-refractivity contribution in [1.82, 2.24) is 10.3 Å². The molecule has 0 spiro atoms. The van der Waals surface area contributed by atoms with Gasteiger partial charge in [0.2, 0.25) is 5.91 Å². The second kappa shape index (κ2) is 7.84. The molecule has 2 heterocycles. The number of benzene rings is 1. The van der Waals surface area contributed by atoms with Crippen molar-refractivity contribution in [2.24, 2.45) is 5.10 Å². The summed E-state index contributed by atoms with van der Waals surface area (Å²) < 4.78 is 0. The highest BCUT2D eigenvalue weighted by Crippen LogP contribution is 2.34. The summed E-state index contributed by atoms with van der Waals surface area (Å²) in [5.74, 6) is -0.482.